The minimum atomic E-state index is 0.519. The fourth-order valence-electron chi connectivity index (χ4n) is 2.13. The van der Waals surface area contributed by atoms with E-state index in [1.807, 2.05) is 10.7 Å². The Bertz CT molecular complexity index is 458. The van der Waals surface area contributed by atoms with Crippen molar-refractivity contribution in [1.29, 1.82) is 0 Å². The number of hydrogen-bond donors (Lipinski definition) is 1. The van der Waals surface area contributed by atoms with E-state index in [9.17, 15) is 0 Å². The van der Waals surface area contributed by atoms with Gasteiger partial charge in [-0.25, -0.2) is 14.5 Å². The molecule has 1 N–H and O–H groups in total. The smallest absolute Gasteiger partial charge is 0.250 e. The summed E-state index contributed by atoms with van der Waals surface area (Å²) in [6, 6.07) is 0. The van der Waals surface area contributed by atoms with Crippen LogP contribution in [0.15, 0.2) is 18.6 Å². The molecule has 1 unspecified atom stereocenters. The van der Waals surface area contributed by atoms with Crippen molar-refractivity contribution >= 4 is 5.78 Å². The van der Waals surface area contributed by atoms with Crippen molar-refractivity contribution in [1.82, 2.24) is 24.9 Å². The van der Waals surface area contributed by atoms with Gasteiger partial charge in [0.1, 0.15) is 0 Å². The normalized spacial score (nSPS) is 22.0. The molecule has 0 aromatic carbocycles. The van der Waals surface area contributed by atoms with Gasteiger partial charge in [0.2, 0.25) is 0 Å². The Hall–Kier alpha value is -1.49. The van der Waals surface area contributed by atoms with Gasteiger partial charge in [0.15, 0.2) is 0 Å². The van der Waals surface area contributed by atoms with Crippen LogP contribution in [-0.4, -0.2) is 32.7 Å². The molecule has 3 heterocycles. The molecular weight excluding hydrogens is 190 g/mol. The molecule has 0 aliphatic carbocycles. The van der Waals surface area contributed by atoms with Crippen molar-refractivity contribution in [3.63, 3.8) is 0 Å². The number of nitrogens with zero attached hydrogens (tertiary/aromatic N) is 4. The fraction of sp³-hybridized carbons (Fsp3) is 0.500. The molecule has 3 rings (SSSR count). The Morgan fingerprint density at radius 3 is 3.20 bits per heavy atom. The third-order valence-electron chi connectivity index (χ3n) is 2.90. The van der Waals surface area contributed by atoms with Crippen molar-refractivity contribution in [3.05, 3.63) is 24.3 Å². The van der Waals surface area contributed by atoms with Crippen molar-refractivity contribution in [2.24, 2.45) is 0 Å². The summed E-state index contributed by atoms with van der Waals surface area (Å²) < 4.78 is 1.84. The average Bonchev–Trinajstić information content (AvgIpc) is 2.74. The van der Waals surface area contributed by atoms with Crippen LogP contribution in [0.1, 0.15) is 24.5 Å². The Labute approximate surface area is 87.5 Å². The zero-order valence-electron chi connectivity index (χ0n) is 8.43. The molecule has 1 aliphatic rings. The average molecular weight is 203 g/mol. The van der Waals surface area contributed by atoms with Gasteiger partial charge in [-0.3, -0.25) is 0 Å². The van der Waals surface area contributed by atoms with Crippen LogP contribution >= 0.6 is 0 Å². The molecular formula is C10H13N5. The summed E-state index contributed by atoms with van der Waals surface area (Å²) in [5, 5.41) is 7.68. The van der Waals surface area contributed by atoms with Gasteiger partial charge in [0.05, 0.1) is 24.3 Å². The monoisotopic (exact) mass is 203 g/mol. The first kappa shape index (κ1) is 8.79. The van der Waals surface area contributed by atoms with Crippen LogP contribution in [-0.2, 0) is 0 Å². The zero-order valence-corrected chi connectivity index (χ0v) is 8.43. The molecule has 78 valence electrons. The van der Waals surface area contributed by atoms with Crippen molar-refractivity contribution in [2.75, 3.05) is 13.1 Å². The summed E-state index contributed by atoms with van der Waals surface area (Å²) in [7, 11) is 0. The maximum absolute atomic E-state index is 4.28. The van der Waals surface area contributed by atoms with Crippen molar-refractivity contribution in [3.8, 4) is 0 Å². The molecule has 0 spiro atoms. The highest BCUT2D eigenvalue weighted by Gasteiger charge is 2.19. The molecule has 1 atom stereocenters. The lowest BCUT2D eigenvalue weighted by Crippen LogP contribution is -2.29. The quantitative estimate of drug-likeness (QED) is 0.737. The van der Waals surface area contributed by atoms with E-state index >= 15 is 0 Å². The number of nitrogens with one attached hydrogen (secondary N) is 1. The number of piperidine rings is 1. The number of aromatic nitrogens is 4. The Balaban J connectivity index is 2.02. The topological polar surface area (TPSA) is 55.1 Å². The summed E-state index contributed by atoms with van der Waals surface area (Å²) in [5.41, 5.74) is 1.17. The van der Waals surface area contributed by atoms with Gasteiger partial charge in [0, 0.05) is 12.5 Å². The van der Waals surface area contributed by atoms with E-state index in [-0.39, 0.29) is 0 Å². The van der Waals surface area contributed by atoms with Crippen LogP contribution in [0.5, 0.6) is 0 Å². The second-order valence-corrected chi connectivity index (χ2v) is 3.88. The second kappa shape index (κ2) is 3.58. The summed E-state index contributed by atoms with van der Waals surface area (Å²) in [6.45, 7) is 2.14. The summed E-state index contributed by atoms with van der Waals surface area (Å²) >= 11 is 0. The highest BCUT2D eigenvalue weighted by molar-refractivity contribution is 5.29. The minimum Gasteiger partial charge on any atom is -0.316 e. The van der Waals surface area contributed by atoms with Crippen LogP contribution in [0, 0.1) is 0 Å². The van der Waals surface area contributed by atoms with Gasteiger partial charge in [-0.2, -0.15) is 5.10 Å². The molecule has 5 nitrogen and oxygen atoms in total. The largest absolute Gasteiger partial charge is 0.316 e. The van der Waals surface area contributed by atoms with Crippen LogP contribution in [0.4, 0.5) is 0 Å². The highest BCUT2D eigenvalue weighted by atomic mass is 15.3. The lowest BCUT2D eigenvalue weighted by atomic mass is 9.97. The van der Waals surface area contributed by atoms with E-state index < -0.39 is 0 Å². The molecule has 5 heteroatoms. The van der Waals surface area contributed by atoms with E-state index in [0.29, 0.717) is 11.7 Å². The maximum Gasteiger partial charge on any atom is 0.250 e. The van der Waals surface area contributed by atoms with E-state index in [4.69, 9.17) is 0 Å². The standard InChI is InChI=1S/C10H13N5/c1-2-8(6-11-3-1)9-7-13-10-12-4-5-14-15(9)10/h4-5,7-8,11H,1-3,6H2. The van der Waals surface area contributed by atoms with Gasteiger partial charge in [-0.1, -0.05) is 0 Å². The van der Waals surface area contributed by atoms with E-state index in [2.05, 4.69) is 20.4 Å². The molecule has 2 aromatic rings. The third kappa shape index (κ3) is 1.48. The molecule has 0 saturated carbocycles. The molecule has 0 amide bonds. The predicted molar refractivity (Wildman–Crippen MR) is 55.6 cm³/mol. The predicted octanol–water partition coefficient (Wildman–Crippen LogP) is 0.591. The molecule has 1 saturated heterocycles. The molecule has 1 fully saturated rings. The fourth-order valence-corrected chi connectivity index (χ4v) is 2.13. The minimum absolute atomic E-state index is 0.519. The summed E-state index contributed by atoms with van der Waals surface area (Å²) in [5.74, 6) is 1.21. The lowest BCUT2D eigenvalue weighted by molar-refractivity contribution is 0.449. The molecule has 0 bridgehead atoms. The third-order valence-corrected chi connectivity index (χ3v) is 2.90. The zero-order chi connectivity index (χ0) is 10.1. The van der Waals surface area contributed by atoms with E-state index in [1.54, 1.807) is 12.4 Å². The van der Waals surface area contributed by atoms with Crippen LogP contribution < -0.4 is 5.32 Å². The number of hydrogen-bond acceptors (Lipinski definition) is 4. The first-order valence-corrected chi connectivity index (χ1v) is 5.30. The Morgan fingerprint density at radius 2 is 2.33 bits per heavy atom. The van der Waals surface area contributed by atoms with Crippen LogP contribution in [0.3, 0.4) is 0 Å². The first-order chi connectivity index (χ1) is 7.45. The second-order valence-electron chi connectivity index (χ2n) is 3.88. The van der Waals surface area contributed by atoms with Crippen LogP contribution in [0.2, 0.25) is 0 Å². The summed E-state index contributed by atoms with van der Waals surface area (Å²) in [4.78, 5) is 8.42. The Kier molecular flexibility index (Phi) is 2.10. The van der Waals surface area contributed by atoms with Gasteiger partial charge >= 0.3 is 0 Å². The summed E-state index contributed by atoms with van der Waals surface area (Å²) in [6.07, 6.45) is 7.70. The number of fused-ring (bicyclic) bond motifs is 1. The van der Waals surface area contributed by atoms with Gasteiger partial charge < -0.3 is 5.32 Å². The van der Waals surface area contributed by atoms with Gasteiger partial charge in [0.25, 0.3) is 5.78 Å². The van der Waals surface area contributed by atoms with E-state index in [0.717, 1.165) is 13.1 Å². The maximum atomic E-state index is 4.28. The van der Waals surface area contributed by atoms with Gasteiger partial charge in [-0.05, 0) is 19.4 Å². The first-order valence-electron chi connectivity index (χ1n) is 5.30. The molecule has 0 radical (unpaired) electrons. The lowest BCUT2D eigenvalue weighted by Gasteiger charge is -2.21. The van der Waals surface area contributed by atoms with Gasteiger partial charge in [-0.15, -0.1) is 0 Å². The molecule has 1 aliphatic heterocycles. The number of imidazole rings is 1. The highest BCUT2D eigenvalue weighted by Crippen LogP contribution is 2.22. The van der Waals surface area contributed by atoms with Crippen molar-refractivity contribution in [2.45, 2.75) is 18.8 Å². The van der Waals surface area contributed by atoms with Crippen molar-refractivity contribution < 1.29 is 0 Å². The van der Waals surface area contributed by atoms with Crippen LogP contribution in [0.25, 0.3) is 5.78 Å². The SMILES string of the molecule is c1cnn2c(C3CCCNC3)cnc2n1. The Morgan fingerprint density at radius 1 is 1.33 bits per heavy atom. The molecule has 2 aromatic heterocycles. The van der Waals surface area contributed by atoms with E-state index in [1.165, 1.54) is 18.5 Å². The molecule has 15 heavy (non-hydrogen) atoms. The number of rotatable bonds is 1.